The van der Waals surface area contributed by atoms with Gasteiger partial charge in [0, 0.05) is 12.0 Å². The first-order valence-corrected chi connectivity index (χ1v) is 6.58. The summed E-state index contributed by atoms with van der Waals surface area (Å²) >= 11 is 0. The molecule has 0 saturated heterocycles. The highest BCUT2D eigenvalue weighted by Gasteiger charge is 2.29. The van der Waals surface area contributed by atoms with Crippen LogP contribution in [-0.2, 0) is 16.0 Å². The van der Waals surface area contributed by atoms with E-state index in [4.69, 9.17) is 10.5 Å². The number of ether oxygens (including phenoxy) is 1. The minimum absolute atomic E-state index is 0.435. The van der Waals surface area contributed by atoms with E-state index in [1.807, 2.05) is 42.5 Å². The van der Waals surface area contributed by atoms with Gasteiger partial charge in [-0.25, -0.2) is 4.79 Å². The second kappa shape index (κ2) is 5.28. The van der Waals surface area contributed by atoms with E-state index in [9.17, 15) is 9.59 Å². The Kier molecular flexibility index (Phi) is 3.31. The van der Waals surface area contributed by atoms with Crippen LogP contribution in [0.5, 0.6) is 0 Å². The van der Waals surface area contributed by atoms with Crippen molar-refractivity contribution >= 4 is 23.9 Å². The van der Waals surface area contributed by atoms with E-state index in [1.54, 1.807) is 6.07 Å². The molecule has 0 bridgehead atoms. The summed E-state index contributed by atoms with van der Waals surface area (Å²) in [6.45, 7) is 0.435. The van der Waals surface area contributed by atoms with Gasteiger partial charge in [0.25, 0.3) is 6.47 Å². The molecule has 106 valence electrons. The number of benzene rings is 2. The van der Waals surface area contributed by atoms with Gasteiger partial charge >= 0.3 is 6.03 Å². The summed E-state index contributed by atoms with van der Waals surface area (Å²) in [5.41, 5.74) is 8.59. The summed E-state index contributed by atoms with van der Waals surface area (Å²) in [6.07, 6.45) is 0.0552. The number of para-hydroxylation sites is 2. The van der Waals surface area contributed by atoms with Crippen molar-refractivity contribution in [3.05, 3.63) is 59.7 Å². The summed E-state index contributed by atoms with van der Waals surface area (Å²) in [7, 11) is 0. The zero-order valence-electron chi connectivity index (χ0n) is 11.2. The molecule has 3 rings (SSSR count). The van der Waals surface area contributed by atoms with Crippen molar-refractivity contribution in [3.8, 4) is 0 Å². The van der Waals surface area contributed by atoms with Crippen LogP contribution in [0.4, 0.5) is 16.2 Å². The lowest BCUT2D eigenvalue weighted by molar-refractivity contribution is -0.133. The van der Waals surface area contributed by atoms with Crippen LogP contribution in [-0.4, -0.2) is 12.5 Å². The van der Waals surface area contributed by atoms with Crippen molar-refractivity contribution in [1.82, 2.24) is 0 Å². The van der Waals surface area contributed by atoms with Crippen molar-refractivity contribution in [2.24, 2.45) is 5.73 Å². The predicted molar refractivity (Wildman–Crippen MR) is 78.2 cm³/mol. The Bertz CT molecular complexity index is 699. The topological polar surface area (TPSA) is 72.6 Å². The van der Waals surface area contributed by atoms with Crippen LogP contribution in [0.1, 0.15) is 17.2 Å². The van der Waals surface area contributed by atoms with Crippen LogP contribution in [0.25, 0.3) is 0 Å². The summed E-state index contributed by atoms with van der Waals surface area (Å²) in [5.74, 6) is 0. The monoisotopic (exact) mass is 282 g/mol. The number of hydrogen-bond acceptors (Lipinski definition) is 3. The number of amides is 2. The molecular formula is C16H14N2O3. The van der Waals surface area contributed by atoms with Gasteiger partial charge in [0.1, 0.15) is 6.10 Å². The van der Waals surface area contributed by atoms with E-state index in [2.05, 4.69) is 0 Å². The van der Waals surface area contributed by atoms with Gasteiger partial charge in [-0.2, -0.15) is 0 Å². The summed E-state index contributed by atoms with van der Waals surface area (Å²) in [5, 5.41) is 0. The molecule has 2 N–H and O–H groups in total. The van der Waals surface area contributed by atoms with E-state index in [1.165, 1.54) is 4.90 Å². The van der Waals surface area contributed by atoms with Gasteiger partial charge in [-0.3, -0.25) is 9.69 Å². The Labute approximate surface area is 121 Å². The molecule has 0 aliphatic carbocycles. The number of fused-ring (bicyclic) bond motifs is 2. The lowest BCUT2D eigenvalue weighted by Crippen LogP contribution is -2.32. The first kappa shape index (κ1) is 13.2. The molecule has 2 aromatic rings. The van der Waals surface area contributed by atoms with E-state index < -0.39 is 12.1 Å². The number of primary amides is 1. The van der Waals surface area contributed by atoms with E-state index in [-0.39, 0.29) is 0 Å². The smallest absolute Gasteiger partial charge is 0.323 e. The maximum atomic E-state index is 11.9. The molecule has 21 heavy (non-hydrogen) atoms. The average Bonchev–Trinajstić information content (AvgIpc) is 2.62. The van der Waals surface area contributed by atoms with Crippen LogP contribution in [0.2, 0.25) is 0 Å². The quantitative estimate of drug-likeness (QED) is 0.861. The highest BCUT2D eigenvalue weighted by atomic mass is 16.5. The third-order valence-corrected chi connectivity index (χ3v) is 3.60. The van der Waals surface area contributed by atoms with Crippen LogP contribution >= 0.6 is 0 Å². The Morgan fingerprint density at radius 3 is 2.52 bits per heavy atom. The van der Waals surface area contributed by atoms with Crippen LogP contribution < -0.4 is 10.6 Å². The van der Waals surface area contributed by atoms with E-state index in [0.717, 1.165) is 16.8 Å². The molecule has 1 aliphatic heterocycles. The molecule has 0 fully saturated rings. The van der Waals surface area contributed by atoms with E-state index >= 15 is 0 Å². The maximum absolute atomic E-state index is 11.9. The lowest BCUT2D eigenvalue weighted by atomic mass is 10.0. The first-order valence-electron chi connectivity index (χ1n) is 6.58. The molecule has 2 aromatic carbocycles. The Morgan fingerprint density at radius 2 is 1.81 bits per heavy atom. The Hall–Kier alpha value is -2.82. The van der Waals surface area contributed by atoms with Crippen LogP contribution in [0.3, 0.4) is 0 Å². The van der Waals surface area contributed by atoms with Gasteiger partial charge in [-0.1, -0.05) is 36.4 Å². The number of nitrogens with two attached hydrogens (primary N) is 1. The van der Waals surface area contributed by atoms with Gasteiger partial charge in [-0.15, -0.1) is 0 Å². The van der Waals surface area contributed by atoms with Gasteiger partial charge in [0.05, 0.1) is 11.4 Å². The van der Waals surface area contributed by atoms with Crippen molar-refractivity contribution in [1.29, 1.82) is 0 Å². The van der Waals surface area contributed by atoms with Crippen molar-refractivity contribution < 1.29 is 14.3 Å². The van der Waals surface area contributed by atoms with Gasteiger partial charge < -0.3 is 10.5 Å². The molecule has 5 nitrogen and oxygen atoms in total. The standard InChI is InChI=1S/C16H14N2O3/c17-16(20)18-13-7-3-1-5-11(13)9-15(21-10-19)12-6-2-4-8-14(12)18/h1-8,10,15H,9H2,(H2,17,20)/t15-/m0/s1. The minimum Gasteiger partial charge on any atom is -0.459 e. The number of nitrogens with zero attached hydrogens (tertiary/aromatic N) is 1. The summed E-state index contributed by atoms with van der Waals surface area (Å²) < 4.78 is 5.21. The van der Waals surface area contributed by atoms with E-state index in [0.29, 0.717) is 18.6 Å². The number of anilines is 2. The van der Waals surface area contributed by atoms with Crippen molar-refractivity contribution in [2.75, 3.05) is 4.90 Å². The molecule has 0 spiro atoms. The van der Waals surface area contributed by atoms with Crippen molar-refractivity contribution in [3.63, 3.8) is 0 Å². The molecule has 1 heterocycles. The number of carbonyl (C=O) groups is 2. The molecule has 0 saturated carbocycles. The molecule has 0 aromatic heterocycles. The highest BCUT2D eigenvalue weighted by molar-refractivity contribution is 6.00. The molecule has 5 heteroatoms. The molecule has 1 atom stereocenters. The molecule has 1 aliphatic rings. The fourth-order valence-electron chi connectivity index (χ4n) is 2.73. The highest BCUT2D eigenvalue weighted by Crippen LogP contribution is 2.40. The normalized spacial score (nSPS) is 16.4. The number of rotatable bonds is 2. The Morgan fingerprint density at radius 1 is 1.14 bits per heavy atom. The number of carbonyl (C=O) groups excluding carboxylic acids is 2. The Balaban J connectivity index is 2.25. The minimum atomic E-state index is -0.568. The fraction of sp³-hybridized carbons (Fsp3) is 0.125. The fourth-order valence-corrected chi connectivity index (χ4v) is 2.73. The summed E-state index contributed by atoms with van der Waals surface area (Å²) in [4.78, 5) is 24.2. The first-order chi connectivity index (χ1) is 10.2. The third-order valence-electron chi connectivity index (χ3n) is 3.60. The number of hydrogen-bond donors (Lipinski definition) is 1. The van der Waals surface area contributed by atoms with Crippen LogP contribution in [0, 0.1) is 0 Å². The zero-order valence-corrected chi connectivity index (χ0v) is 11.2. The third kappa shape index (κ3) is 2.23. The zero-order chi connectivity index (χ0) is 14.8. The second-order valence-corrected chi connectivity index (χ2v) is 4.79. The predicted octanol–water partition coefficient (Wildman–Crippen LogP) is 2.67. The molecule has 2 amide bonds. The maximum Gasteiger partial charge on any atom is 0.323 e. The molecular weight excluding hydrogens is 268 g/mol. The average molecular weight is 282 g/mol. The van der Waals surface area contributed by atoms with Gasteiger partial charge in [0.15, 0.2) is 0 Å². The number of urea groups is 1. The van der Waals surface area contributed by atoms with Crippen molar-refractivity contribution in [2.45, 2.75) is 12.5 Å². The molecule has 0 radical (unpaired) electrons. The van der Waals surface area contributed by atoms with Gasteiger partial charge in [0.2, 0.25) is 0 Å². The van der Waals surface area contributed by atoms with Gasteiger partial charge in [-0.05, 0) is 17.7 Å². The second-order valence-electron chi connectivity index (χ2n) is 4.79. The largest absolute Gasteiger partial charge is 0.459 e. The lowest BCUT2D eigenvalue weighted by Gasteiger charge is -2.23. The van der Waals surface area contributed by atoms with Crippen LogP contribution in [0.15, 0.2) is 48.5 Å². The molecule has 0 unspecified atom stereocenters. The SMILES string of the molecule is NC(=O)N1c2ccccc2C[C@H](OC=O)c2ccccc21. The summed E-state index contributed by atoms with van der Waals surface area (Å²) in [6, 6.07) is 14.2.